The van der Waals surface area contributed by atoms with Crippen LogP contribution in [-0.4, -0.2) is 40.6 Å². The maximum atomic E-state index is 4.77. The third kappa shape index (κ3) is 2.18. The molecule has 1 fully saturated rings. The Morgan fingerprint density at radius 2 is 2.00 bits per heavy atom. The van der Waals surface area contributed by atoms with Gasteiger partial charge in [0.2, 0.25) is 5.95 Å². The van der Waals surface area contributed by atoms with Gasteiger partial charge in [0.1, 0.15) is 0 Å². The SMILES string of the molecule is C=CN1CCCN(c2nc3ccccc3n2C)CC1. The van der Waals surface area contributed by atoms with Crippen LogP contribution >= 0.6 is 0 Å². The summed E-state index contributed by atoms with van der Waals surface area (Å²) in [6.45, 7) is 8.03. The van der Waals surface area contributed by atoms with Gasteiger partial charge in [-0.1, -0.05) is 18.7 Å². The third-order valence-corrected chi connectivity index (χ3v) is 3.84. The summed E-state index contributed by atoms with van der Waals surface area (Å²) in [4.78, 5) is 9.43. The molecule has 0 amide bonds. The van der Waals surface area contributed by atoms with E-state index in [4.69, 9.17) is 4.98 Å². The van der Waals surface area contributed by atoms with Gasteiger partial charge in [-0.3, -0.25) is 0 Å². The Morgan fingerprint density at radius 1 is 1.16 bits per heavy atom. The maximum Gasteiger partial charge on any atom is 0.206 e. The van der Waals surface area contributed by atoms with Crippen LogP contribution in [0, 0.1) is 0 Å². The van der Waals surface area contributed by atoms with E-state index in [-0.39, 0.29) is 0 Å². The van der Waals surface area contributed by atoms with E-state index >= 15 is 0 Å². The Labute approximate surface area is 113 Å². The molecule has 3 rings (SSSR count). The smallest absolute Gasteiger partial charge is 0.206 e. The van der Waals surface area contributed by atoms with Crippen molar-refractivity contribution >= 4 is 17.0 Å². The molecule has 0 unspecified atom stereocenters. The average Bonchev–Trinajstić information content (AvgIpc) is 2.64. The van der Waals surface area contributed by atoms with Gasteiger partial charge < -0.3 is 14.4 Å². The molecule has 0 bridgehead atoms. The highest BCUT2D eigenvalue weighted by molar-refractivity contribution is 5.78. The highest BCUT2D eigenvalue weighted by Crippen LogP contribution is 2.21. The quantitative estimate of drug-likeness (QED) is 0.823. The Bertz CT molecular complexity index is 587. The number of hydrogen-bond acceptors (Lipinski definition) is 3. The maximum absolute atomic E-state index is 4.77. The molecule has 0 aliphatic carbocycles. The van der Waals surface area contributed by atoms with Crippen molar-refractivity contribution in [2.75, 3.05) is 31.1 Å². The Hall–Kier alpha value is -1.97. The van der Waals surface area contributed by atoms with Crippen molar-refractivity contribution in [3.63, 3.8) is 0 Å². The van der Waals surface area contributed by atoms with Crippen LogP contribution in [-0.2, 0) is 7.05 Å². The minimum absolute atomic E-state index is 1.00. The number of imidazole rings is 1. The topological polar surface area (TPSA) is 24.3 Å². The van der Waals surface area contributed by atoms with E-state index < -0.39 is 0 Å². The van der Waals surface area contributed by atoms with Crippen molar-refractivity contribution in [3.8, 4) is 0 Å². The molecule has 1 saturated heterocycles. The number of fused-ring (bicyclic) bond motifs is 1. The van der Waals surface area contributed by atoms with Crippen molar-refractivity contribution in [3.05, 3.63) is 37.0 Å². The van der Waals surface area contributed by atoms with E-state index in [1.807, 2.05) is 12.3 Å². The second-order valence-corrected chi connectivity index (χ2v) is 5.02. The summed E-state index contributed by atoms with van der Waals surface area (Å²) in [6.07, 6.45) is 3.09. The molecular weight excluding hydrogens is 236 g/mol. The number of nitrogens with zero attached hydrogens (tertiary/aromatic N) is 4. The van der Waals surface area contributed by atoms with Crippen LogP contribution in [0.4, 0.5) is 5.95 Å². The number of para-hydroxylation sites is 2. The van der Waals surface area contributed by atoms with E-state index in [1.54, 1.807) is 0 Å². The lowest BCUT2D eigenvalue weighted by Crippen LogP contribution is -2.30. The van der Waals surface area contributed by atoms with Gasteiger partial charge in [-0.25, -0.2) is 4.98 Å². The lowest BCUT2D eigenvalue weighted by Gasteiger charge is -2.21. The zero-order chi connectivity index (χ0) is 13.2. The fourth-order valence-electron chi connectivity index (χ4n) is 2.74. The largest absolute Gasteiger partial charge is 0.376 e. The zero-order valence-corrected chi connectivity index (χ0v) is 11.4. The summed E-state index contributed by atoms with van der Waals surface area (Å²) in [7, 11) is 2.10. The minimum atomic E-state index is 1.00. The summed E-state index contributed by atoms with van der Waals surface area (Å²) in [6, 6.07) is 8.31. The van der Waals surface area contributed by atoms with Crippen LogP contribution < -0.4 is 4.90 Å². The van der Waals surface area contributed by atoms with E-state index in [2.05, 4.69) is 46.2 Å². The highest BCUT2D eigenvalue weighted by Gasteiger charge is 2.17. The zero-order valence-electron chi connectivity index (χ0n) is 11.4. The molecule has 1 aliphatic rings. The van der Waals surface area contributed by atoms with Gasteiger partial charge in [-0.05, 0) is 24.8 Å². The van der Waals surface area contributed by atoms with E-state index in [0.717, 1.165) is 44.1 Å². The summed E-state index contributed by atoms with van der Waals surface area (Å²) >= 11 is 0. The lowest BCUT2D eigenvalue weighted by atomic mass is 10.3. The first kappa shape index (κ1) is 12.1. The number of aromatic nitrogens is 2. The molecule has 4 nitrogen and oxygen atoms in total. The normalized spacial score (nSPS) is 16.7. The number of hydrogen-bond donors (Lipinski definition) is 0. The van der Waals surface area contributed by atoms with Gasteiger partial charge in [0, 0.05) is 33.2 Å². The molecule has 0 atom stereocenters. The predicted molar refractivity (Wildman–Crippen MR) is 79.3 cm³/mol. The van der Waals surface area contributed by atoms with Crippen molar-refractivity contribution in [1.29, 1.82) is 0 Å². The van der Waals surface area contributed by atoms with Gasteiger partial charge in [-0.15, -0.1) is 0 Å². The van der Waals surface area contributed by atoms with Gasteiger partial charge >= 0.3 is 0 Å². The monoisotopic (exact) mass is 256 g/mol. The van der Waals surface area contributed by atoms with Gasteiger partial charge in [-0.2, -0.15) is 0 Å². The molecule has 4 heteroatoms. The molecule has 0 N–H and O–H groups in total. The molecule has 0 radical (unpaired) electrons. The van der Waals surface area contributed by atoms with Crippen molar-refractivity contribution in [2.45, 2.75) is 6.42 Å². The minimum Gasteiger partial charge on any atom is -0.376 e. The molecule has 0 saturated carbocycles. The Kier molecular flexibility index (Phi) is 3.15. The summed E-state index contributed by atoms with van der Waals surface area (Å²) in [5.74, 6) is 1.08. The molecule has 2 aromatic rings. The standard InChI is InChI=1S/C15H20N4/c1-3-18-9-6-10-19(12-11-18)15-16-13-7-4-5-8-14(13)17(15)2/h3-5,7-8H,1,6,9-12H2,2H3. The molecule has 0 spiro atoms. The third-order valence-electron chi connectivity index (χ3n) is 3.84. The number of anilines is 1. The number of rotatable bonds is 2. The van der Waals surface area contributed by atoms with Crippen molar-refractivity contribution in [2.24, 2.45) is 7.05 Å². The van der Waals surface area contributed by atoms with Gasteiger partial charge in [0.05, 0.1) is 11.0 Å². The molecule has 1 aromatic carbocycles. The van der Waals surface area contributed by atoms with Crippen LogP contribution in [0.3, 0.4) is 0 Å². The molecule has 2 heterocycles. The average molecular weight is 256 g/mol. The fourth-order valence-corrected chi connectivity index (χ4v) is 2.74. The lowest BCUT2D eigenvalue weighted by molar-refractivity contribution is 0.404. The second kappa shape index (κ2) is 4.96. The van der Waals surface area contributed by atoms with Crippen LogP contribution in [0.5, 0.6) is 0 Å². The summed E-state index contributed by atoms with van der Waals surface area (Å²) < 4.78 is 2.19. The predicted octanol–water partition coefficient (Wildman–Crippen LogP) is 2.23. The Morgan fingerprint density at radius 3 is 2.79 bits per heavy atom. The van der Waals surface area contributed by atoms with Gasteiger partial charge in [0.15, 0.2) is 0 Å². The molecule has 100 valence electrons. The second-order valence-electron chi connectivity index (χ2n) is 5.02. The first-order valence-electron chi connectivity index (χ1n) is 6.82. The van der Waals surface area contributed by atoms with Crippen LogP contribution in [0.15, 0.2) is 37.0 Å². The van der Waals surface area contributed by atoms with Crippen molar-refractivity contribution in [1.82, 2.24) is 14.5 Å². The first-order valence-corrected chi connectivity index (χ1v) is 6.82. The Balaban J connectivity index is 1.91. The number of benzene rings is 1. The molecule has 1 aliphatic heterocycles. The fraction of sp³-hybridized carbons (Fsp3) is 0.400. The van der Waals surface area contributed by atoms with E-state index in [9.17, 15) is 0 Å². The molecular formula is C15H20N4. The van der Waals surface area contributed by atoms with Crippen LogP contribution in [0.2, 0.25) is 0 Å². The van der Waals surface area contributed by atoms with Crippen LogP contribution in [0.25, 0.3) is 11.0 Å². The van der Waals surface area contributed by atoms with E-state index in [1.165, 1.54) is 5.52 Å². The molecule has 19 heavy (non-hydrogen) atoms. The summed E-state index contributed by atoms with van der Waals surface area (Å²) in [5, 5.41) is 0. The van der Waals surface area contributed by atoms with E-state index in [0.29, 0.717) is 0 Å². The summed E-state index contributed by atoms with van der Waals surface area (Å²) in [5.41, 5.74) is 2.27. The highest BCUT2D eigenvalue weighted by atomic mass is 15.3. The van der Waals surface area contributed by atoms with Gasteiger partial charge in [0.25, 0.3) is 0 Å². The number of aryl methyl sites for hydroxylation is 1. The van der Waals surface area contributed by atoms with Crippen molar-refractivity contribution < 1.29 is 0 Å². The first-order chi connectivity index (χ1) is 9.29. The van der Waals surface area contributed by atoms with Crippen LogP contribution in [0.1, 0.15) is 6.42 Å². The molecule has 1 aromatic heterocycles.